The van der Waals surface area contributed by atoms with Gasteiger partial charge in [-0.1, -0.05) is 0 Å². The van der Waals surface area contributed by atoms with E-state index >= 15 is 0 Å². The van der Waals surface area contributed by atoms with E-state index in [1.54, 1.807) is 6.20 Å². The molecule has 1 aromatic heterocycles. The molecule has 2 aliphatic heterocycles. The number of carbonyl (C=O) groups is 1. The summed E-state index contributed by atoms with van der Waals surface area (Å²) in [6, 6.07) is 0.0606. The molecule has 1 aromatic rings. The highest BCUT2D eigenvalue weighted by atomic mass is 16.2. The van der Waals surface area contributed by atoms with Crippen molar-refractivity contribution in [3.05, 3.63) is 18.2 Å². The summed E-state index contributed by atoms with van der Waals surface area (Å²) in [4.78, 5) is 24.6. The summed E-state index contributed by atoms with van der Waals surface area (Å²) >= 11 is 0. The Morgan fingerprint density at radius 3 is 2.83 bits per heavy atom. The van der Waals surface area contributed by atoms with Gasteiger partial charge in [-0.2, -0.15) is 0 Å². The molecule has 2 saturated heterocycles. The maximum atomic E-state index is 12.7. The second-order valence-corrected chi connectivity index (χ2v) is 7.56. The number of aromatic amines is 1. The SMILES string of the molecule is CC(C)(CN1CCCC1)NC(=O)N1CCC[C@H](c2ncc[nH]2)C1. The Kier molecular flexibility index (Phi) is 4.90. The predicted molar refractivity (Wildman–Crippen MR) is 90.4 cm³/mol. The van der Waals surface area contributed by atoms with Crippen molar-refractivity contribution < 1.29 is 4.79 Å². The van der Waals surface area contributed by atoms with Crippen LogP contribution in [0.5, 0.6) is 0 Å². The smallest absolute Gasteiger partial charge is 0.317 e. The predicted octanol–water partition coefficient (Wildman–Crippen LogP) is 2.17. The highest BCUT2D eigenvalue weighted by molar-refractivity contribution is 5.75. The molecule has 6 heteroatoms. The molecule has 3 heterocycles. The molecule has 0 bridgehead atoms. The lowest BCUT2D eigenvalue weighted by Gasteiger charge is -2.36. The second-order valence-electron chi connectivity index (χ2n) is 7.56. The normalized spacial score (nSPS) is 23.2. The lowest BCUT2D eigenvalue weighted by molar-refractivity contribution is 0.160. The van der Waals surface area contributed by atoms with Gasteiger partial charge in [-0.25, -0.2) is 9.78 Å². The zero-order valence-corrected chi connectivity index (χ0v) is 14.3. The van der Waals surface area contributed by atoms with E-state index in [2.05, 4.69) is 34.0 Å². The average molecular weight is 319 g/mol. The van der Waals surface area contributed by atoms with Gasteiger partial charge in [-0.15, -0.1) is 0 Å². The Morgan fingerprint density at radius 2 is 2.13 bits per heavy atom. The highest BCUT2D eigenvalue weighted by Crippen LogP contribution is 2.24. The van der Waals surface area contributed by atoms with Crippen molar-refractivity contribution in [1.82, 2.24) is 25.1 Å². The number of hydrogen-bond acceptors (Lipinski definition) is 3. The summed E-state index contributed by atoms with van der Waals surface area (Å²) in [5.74, 6) is 1.32. The number of nitrogens with one attached hydrogen (secondary N) is 2. The quantitative estimate of drug-likeness (QED) is 0.894. The Morgan fingerprint density at radius 1 is 1.35 bits per heavy atom. The molecule has 6 nitrogen and oxygen atoms in total. The molecule has 3 rings (SSSR count). The maximum Gasteiger partial charge on any atom is 0.317 e. The number of imidazole rings is 1. The number of piperidine rings is 1. The van der Waals surface area contributed by atoms with Crippen molar-refractivity contribution in [3.8, 4) is 0 Å². The Balaban J connectivity index is 1.54. The van der Waals surface area contributed by atoms with Gasteiger partial charge < -0.3 is 20.1 Å². The Labute approximate surface area is 138 Å². The fourth-order valence-electron chi connectivity index (χ4n) is 3.79. The highest BCUT2D eigenvalue weighted by Gasteiger charge is 2.30. The third-order valence-corrected chi connectivity index (χ3v) is 4.88. The number of aromatic nitrogens is 2. The van der Waals surface area contributed by atoms with Crippen molar-refractivity contribution in [3.63, 3.8) is 0 Å². The number of carbonyl (C=O) groups excluding carboxylic acids is 1. The van der Waals surface area contributed by atoms with Crippen LogP contribution in [0, 0.1) is 0 Å². The van der Waals surface area contributed by atoms with Gasteiger partial charge in [0, 0.05) is 43.5 Å². The minimum Gasteiger partial charge on any atom is -0.348 e. The van der Waals surface area contributed by atoms with Crippen LogP contribution < -0.4 is 5.32 Å². The summed E-state index contributed by atoms with van der Waals surface area (Å²) in [6.07, 6.45) is 8.32. The van der Waals surface area contributed by atoms with Crippen molar-refractivity contribution in [2.75, 3.05) is 32.7 Å². The van der Waals surface area contributed by atoms with E-state index in [4.69, 9.17) is 0 Å². The van der Waals surface area contributed by atoms with Crippen molar-refractivity contribution >= 4 is 6.03 Å². The number of H-pyrrole nitrogens is 1. The lowest BCUT2D eigenvalue weighted by atomic mass is 9.97. The van der Waals surface area contributed by atoms with Crippen LogP contribution in [0.4, 0.5) is 4.79 Å². The third-order valence-electron chi connectivity index (χ3n) is 4.88. The topological polar surface area (TPSA) is 64.3 Å². The molecule has 0 aromatic carbocycles. The molecule has 2 N–H and O–H groups in total. The van der Waals surface area contributed by atoms with Gasteiger partial charge >= 0.3 is 6.03 Å². The van der Waals surface area contributed by atoms with Gasteiger partial charge in [0.15, 0.2) is 0 Å². The average Bonchev–Trinajstić information content (AvgIpc) is 3.19. The summed E-state index contributed by atoms with van der Waals surface area (Å²) in [7, 11) is 0. The van der Waals surface area contributed by atoms with E-state index in [0.29, 0.717) is 5.92 Å². The first kappa shape index (κ1) is 16.3. The fraction of sp³-hybridized carbons (Fsp3) is 0.765. The second kappa shape index (κ2) is 6.91. The number of amides is 2. The Hall–Kier alpha value is -1.56. The molecular weight excluding hydrogens is 290 g/mol. The molecule has 0 spiro atoms. The molecule has 2 amide bonds. The van der Waals surface area contributed by atoms with Crippen LogP contribution in [-0.2, 0) is 0 Å². The van der Waals surface area contributed by atoms with E-state index in [1.807, 2.05) is 11.1 Å². The van der Waals surface area contributed by atoms with Crippen LogP contribution in [-0.4, -0.2) is 64.1 Å². The van der Waals surface area contributed by atoms with Gasteiger partial charge in [0.05, 0.1) is 0 Å². The van der Waals surface area contributed by atoms with Gasteiger partial charge in [0.1, 0.15) is 5.82 Å². The molecule has 128 valence electrons. The first-order valence-electron chi connectivity index (χ1n) is 8.82. The fourth-order valence-corrected chi connectivity index (χ4v) is 3.79. The molecule has 1 atom stereocenters. The van der Waals surface area contributed by atoms with Crippen LogP contribution in [0.15, 0.2) is 12.4 Å². The van der Waals surface area contributed by atoms with Crippen LogP contribution in [0.2, 0.25) is 0 Å². The summed E-state index contributed by atoms with van der Waals surface area (Å²) in [5, 5.41) is 3.23. The minimum absolute atomic E-state index is 0.0606. The number of rotatable bonds is 4. The molecule has 0 aliphatic carbocycles. The van der Waals surface area contributed by atoms with Crippen molar-refractivity contribution in [2.24, 2.45) is 0 Å². The monoisotopic (exact) mass is 319 g/mol. The largest absolute Gasteiger partial charge is 0.348 e. The van der Waals surface area contributed by atoms with E-state index in [9.17, 15) is 4.79 Å². The van der Waals surface area contributed by atoms with Gasteiger partial charge in [0.2, 0.25) is 0 Å². The zero-order valence-electron chi connectivity index (χ0n) is 14.3. The molecule has 23 heavy (non-hydrogen) atoms. The molecule has 2 aliphatic rings. The zero-order chi connectivity index (χ0) is 16.3. The van der Waals surface area contributed by atoms with Crippen LogP contribution in [0.25, 0.3) is 0 Å². The Bertz CT molecular complexity index is 507. The van der Waals surface area contributed by atoms with E-state index in [-0.39, 0.29) is 11.6 Å². The minimum atomic E-state index is -0.195. The van der Waals surface area contributed by atoms with Crippen molar-refractivity contribution in [1.29, 1.82) is 0 Å². The third kappa shape index (κ3) is 4.25. The van der Waals surface area contributed by atoms with Gasteiger partial charge in [-0.05, 0) is 52.6 Å². The molecule has 0 saturated carbocycles. The van der Waals surface area contributed by atoms with E-state index in [1.165, 1.54) is 12.8 Å². The van der Waals surface area contributed by atoms with E-state index < -0.39 is 0 Å². The van der Waals surface area contributed by atoms with Crippen LogP contribution in [0.1, 0.15) is 51.3 Å². The summed E-state index contributed by atoms with van der Waals surface area (Å²) in [6.45, 7) is 9.07. The standard InChI is InChI=1S/C17H29N5O/c1-17(2,13-21-9-3-4-10-21)20-16(23)22-11-5-6-14(12-22)15-18-7-8-19-15/h7-8,14H,3-6,9-13H2,1-2H3,(H,18,19)(H,20,23)/t14-/m0/s1. The number of hydrogen-bond donors (Lipinski definition) is 2. The molecule has 0 radical (unpaired) electrons. The summed E-state index contributed by atoms with van der Waals surface area (Å²) in [5.41, 5.74) is -0.195. The molecule has 2 fully saturated rings. The number of nitrogens with zero attached hydrogens (tertiary/aromatic N) is 3. The van der Waals surface area contributed by atoms with E-state index in [0.717, 1.165) is 51.4 Å². The molecular formula is C17H29N5O. The van der Waals surface area contributed by atoms with Gasteiger partial charge in [0.25, 0.3) is 0 Å². The maximum absolute atomic E-state index is 12.7. The van der Waals surface area contributed by atoms with Gasteiger partial charge in [-0.3, -0.25) is 0 Å². The molecule has 0 unspecified atom stereocenters. The lowest BCUT2D eigenvalue weighted by Crippen LogP contribution is -2.56. The summed E-state index contributed by atoms with van der Waals surface area (Å²) < 4.78 is 0. The first-order chi connectivity index (χ1) is 11.0. The van der Waals surface area contributed by atoms with Crippen LogP contribution >= 0.6 is 0 Å². The number of likely N-dealkylation sites (tertiary alicyclic amines) is 2. The van der Waals surface area contributed by atoms with Crippen molar-refractivity contribution in [2.45, 2.75) is 51.0 Å². The van der Waals surface area contributed by atoms with Crippen LogP contribution in [0.3, 0.4) is 0 Å². The first-order valence-corrected chi connectivity index (χ1v) is 8.82. The number of urea groups is 1.